The molecule has 0 rings (SSSR count). The van der Waals surface area contributed by atoms with Gasteiger partial charge in [0, 0.05) is 11.6 Å². The van der Waals surface area contributed by atoms with Crippen LogP contribution in [0.15, 0.2) is 0 Å². The van der Waals surface area contributed by atoms with Gasteiger partial charge in [-0.3, -0.25) is 0 Å². The predicted molar refractivity (Wildman–Crippen MR) is 112 cm³/mol. The molecule has 0 saturated carbocycles. The third-order valence-electron chi connectivity index (χ3n) is 1.33. The van der Waals surface area contributed by atoms with Crippen LogP contribution in [-0.2, 0) is 9.13 Å². The molecule has 142 valence electrons. The van der Waals surface area contributed by atoms with Crippen molar-refractivity contribution < 1.29 is 9.13 Å². The van der Waals surface area contributed by atoms with E-state index in [1.54, 1.807) is 26.7 Å². The largest absolute Gasteiger partial charge is 0.332 e. The lowest BCUT2D eigenvalue weighted by molar-refractivity contribution is 0.469. The lowest BCUT2D eigenvalue weighted by Gasteiger charge is -2.15. The zero-order chi connectivity index (χ0) is 16.6. The summed E-state index contributed by atoms with van der Waals surface area (Å²) in [7, 11) is 2.17. The Labute approximate surface area is 145 Å². The molecule has 0 fully saturated rings. The van der Waals surface area contributed by atoms with Crippen LogP contribution >= 0.6 is 15.6 Å². The maximum absolute atomic E-state index is 9.59. The average molecular weight is 363 g/mol. The van der Waals surface area contributed by atoms with Crippen molar-refractivity contribution in [2.75, 3.05) is 40.8 Å². The highest BCUT2D eigenvalue weighted by Crippen LogP contribution is 2.01. The van der Waals surface area contributed by atoms with Crippen molar-refractivity contribution in [2.24, 2.45) is 0 Å². The van der Waals surface area contributed by atoms with Crippen LogP contribution in [0.1, 0.15) is 56.9 Å². The highest BCUT2D eigenvalue weighted by atomic mass is 31.1. The highest BCUT2D eigenvalue weighted by Gasteiger charge is 2.01. The second-order valence-electron chi connectivity index (χ2n) is 5.57. The van der Waals surface area contributed by atoms with E-state index < -0.39 is 15.6 Å². The van der Waals surface area contributed by atoms with Gasteiger partial charge in [-0.2, -0.15) is 0 Å². The van der Waals surface area contributed by atoms with Gasteiger partial charge in [-0.15, -0.1) is 0 Å². The Bertz CT molecular complexity index is 197. The molecule has 0 aromatic carbocycles. The quantitative estimate of drug-likeness (QED) is 0.590. The molecule has 0 saturated heterocycles. The van der Waals surface area contributed by atoms with Crippen molar-refractivity contribution in [3.8, 4) is 0 Å². The molecule has 6 heteroatoms. The van der Waals surface area contributed by atoms with Crippen molar-refractivity contribution in [3.05, 3.63) is 0 Å². The Balaban J connectivity index is -0.0000000264. The minimum Gasteiger partial charge on any atom is -0.318 e. The summed E-state index contributed by atoms with van der Waals surface area (Å²) in [6, 6.07) is 0.634. The summed E-state index contributed by atoms with van der Waals surface area (Å²) in [5.74, 6) is 0. The fourth-order valence-electron chi connectivity index (χ4n) is 0. The summed E-state index contributed by atoms with van der Waals surface area (Å²) < 4.78 is 19.2. The maximum Gasteiger partial charge on any atom is 0.332 e. The fourth-order valence-corrected chi connectivity index (χ4v) is 0. The average Bonchev–Trinajstić information content (AvgIpc) is 2.15. The molecule has 0 aliphatic carbocycles. The third kappa shape index (κ3) is 281. The van der Waals surface area contributed by atoms with E-state index in [2.05, 4.69) is 45.3 Å². The number of rotatable bonds is 1. The van der Waals surface area contributed by atoms with Crippen LogP contribution in [0.2, 0.25) is 0 Å². The van der Waals surface area contributed by atoms with Gasteiger partial charge in [0.15, 0.2) is 0 Å². The summed E-state index contributed by atoms with van der Waals surface area (Å²) in [6.45, 7) is 17.3. The molecule has 0 aliphatic heterocycles. The summed E-state index contributed by atoms with van der Waals surface area (Å²) in [4.78, 5) is 0. The molecule has 0 amide bonds. The summed E-state index contributed by atoms with van der Waals surface area (Å²) >= 11 is 0. The van der Waals surface area contributed by atoms with Gasteiger partial charge in [-0.25, -0.2) is 0 Å². The Morgan fingerprint density at radius 2 is 0.864 bits per heavy atom. The smallest absolute Gasteiger partial charge is 0.318 e. The zero-order valence-corrected chi connectivity index (χ0v) is 16.6. The molecule has 0 heterocycles. The minimum atomic E-state index is -0.870. The van der Waals surface area contributed by atoms with Crippen molar-refractivity contribution in [2.45, 2.75) is 68.5 Å². The molecule has 4 nitrogen and oxygen atoms in total. The van der Waals surface area contributed by atoms with E-state index in [0.29, 0.717) is 11.6 Å². The molecule has 0 atom stereocenters. The summed E-state index contributed by atoms with van der Waals surface area (Å²) in [6.07, 6.45) is 0. The second kappa shape index (κ2) is 29.2. The molecule has 2 N–H and O–H groups in total. The first-order valence-electron chi connectivity index (χ1n) is 6.35. The number of hydrogen-bond donors (Lipinski definition) is 2. The molecular weight excluding hydrogens is 314 g/mol. The lowest BCUT2D eigenvalue weighted by Crippen LogP contribution is -2.31. The Morgan fingerprint density at radius 3 is 0.864 bits per heavy atom. The van der Waals surface area contributed by atoms with Crippen molar-refractivity contribution >= 4 is 15.6 Å². The first-order chi connectivity index (χ1) is 8.29. The van der Waals surface area contributed by atoms with E-state index in [1.165, 1.54) is 0 Å². The van der Waals surface area contributed by atoms with Gasteiger partial charge >= 0.3 is 15.6 Å². The van der Waals surface area contributed by atoms with E-state index in [-0.39, 0.29) is 22.3 Å². The predicted octanol–water partition coefficient (Wildman–Crippen LogP) is 5.67. The van der Waals surface area contributed by atoms with Gasteiger partial charge in [0.05, 0.1) is 0 Å². The van der Waals surface area contributed by atoms with Gasteiger partial charge < -0.3 is 10.6 Å². The highest BCUT2D eigenvalue weighted by molar-refractivity contribution is 7.42. The molecule has 0 aromatic heterocycles. The van der Waals surface area contributed by atoms with Crippen LogP contribution in [0.25, 0.3) is 0 Å². The zero-order valence-electron chi connectivity index (χ0n) is 14.8. The van der Waals surface area contributed by atoms with Gasteiger partial charge in [0.2, 0.25) is 0 Å². The van der Waals surface area contributed by atoms with Gasteiger partial charge in [0.25, 0.3) is 0 Å². The van der Waals surface area contributed by atoms with E-state index in [4.69, 9.17) is 0 Å². The SMILES string of the molecule is C.C.C.CNC(C)(C)C.CNC(C)C.C[P+](C)=O.C[P+](C)=O. The molecule has 0 bridgehead atoms. The lowest BCUT2D eigenvalue weighted by atomic mass is 10.1. The van der Waals surface area contributed by atoms with E-state index in [1.807, 2.05) is 14.1 Å². The summed E-state index contributed by atoms with van der Waals surface area (Å²) in [5, 5.41) is 6.13. The third-order valence-corrected chi connectivity index (χ3v) is 1.33. The van der Waals surface area contributed by atoms with Gasteiger partial charge in [-0.05, 0) is 34.9 Å². The van der Waals surface area contributed by atoms with Crippen LogP contribution in [0.5, 0.6) is 0 Å². The van der Waals surface area contributed by atoms with Crippen LogP contribution < -0.4 is 10.6 Å². The number of hydrogen-bond acceptors (Lipinski definition) is 4. The molecular formula is C16H48N2O2P2+2. The van der Waals surface area contributed by atoms with E-state index >= 15 is 0 Å². The molecule has 0 aliphatic rings. The van der Waals surface area contributed by atoms with Gasteiger partial charge in [0.1, 0.15) is 26.7 Å². The normalized spacial score (nSPS) is 7.82. The van der Waals surface area contributed by atoms with Crippen LogP contribution in [0.3, 0.4) is 0 Å². The van der Waals surface area contributed by atoms with Crippen LogP contribution in [0.4, 0.5) is 0 Å². The molecule has 0 radical (unpaired) electrons. The molecule has 0 aromatic rings. The maximum atomic E-state index is 9.59. The second-order valence-corrected chi connectivity index (χ2v) is 8.82. The van der Waals surface area contributed by atoms with Crippen LogP contribution in [-0.4, -0.2) is 52.3 Å². The fraction of sp³-hybridized carbons (Fsp3) is 1.00. The molecule has 0 spiro atoms. The first kappa shape index (κ1) is 43.2. The standard InChI is InChI=1S/C5H13N.C4H11N.2C2H6OP.3CH4/c1-5(2,3)6-4;1-4(2)5-3;2*1-4(2)3;;;/h6H,1-4H3;4-5H,1-3H3;2*1-2H3;3*1H4/q;;2*+1;;;. The van der Waals surface area contributed by atoms with Gasteiger partial charge in [-0.1, -0.05) is 45.3 Å². The molecule has 22 heavy (non-hydrogen) atoms. The Kier molecular flexibility index (Phi) is 57.2. The summed E-state index contributed by atoms with van der Waals surface area (Å²) in [5.41, 5.74) is 0.292. The molecule has 0 unspecified atom stereocenters. The first-order valence-corrected chi connectivity index (χ1v) is 10.7. The monoisotopic (exact) mass is 362 g/mol. The van der Waals surface area contributed by atoms with Crippen molar-refractivity contribution in [1.29, 1.82) is 0 Å². The van der Waals surface area contributed by atoms with Crippen molar-refractivity contribution in [3.63, 3.8) is 0 Å². The van der Waals surface area contributed by atoms with E-state index in [0.717, 1.165) is 0 Å². The Hall–Kier alpha value is 0.120. The number of nitrogens with one attached hydrogen (secondary N) is 2. The van der Waals surface area contributed by atoms with Crippen LogP contribution in [0, 0.1) is 0 Å². The van der Waals surface area contributed by atoms with E-state index in [9.17, 15) is 9.13 Å². The topological polar surface area (TPSA) is 58.2 Å². The minimum absolute atomic E-state index is 0. The Morgan fingerprint density at radius 1 is 0.773 bits per heavy atom. The van der Waals surface area contributed by atoms with Crippen molar-refractivity contribution in [1.82, 2.24) is 10.6 Å².